The Morgan fingerprint density at radius 1 is 0.587 bits per heavy atom. The van der Waals surface area contributed by atoms with Gasteiger partial charge in [-0.05, 0) is 118 Å². The summed E-state index contributed by atoms with van der Waals surface area (Å²) in [6.45, 7) is 19.4. The highest BCUT2D eigenvalue weighted by Crippen LogP contribution is 2.63. The Kier molecular flexibility index (Phi) is 8.25. The van der Waals surface area contributed by atoms with Gasteiger partial charge in [-0.25, -0.2) is 0 Å². The van der Waals surface area contributed by atoms with Gasteiger partial charge < -0.3 is 14.6 Å². The molecule has 0 bridgehead atoms. The van der Waals surface area contributed by atoms with Crippen molar-refractivity contribution in [1.29, 1.82) is 0 Å². The summed E-state index contributed by atoms with van der Waals surface area (Å²) in [4.78, 5) is 8.14. The minimum atomic E-state index is -0.0986. The Bertz CT molecular complexity index is 3100. The van der Waals surface area contributed by atoms with Crippen molar-refractivity contribution in [3.63, 3.8) is 0 Å². The van der Waals surface area contributed by atoms with Gasteiger partial charge in [0.15, 0.2) is 0 Å². The summed E-state index contributed by atoms with van der Waals surface area (Å²) < 4.78 is 2.71. The van der Waals surface area contributed by atoms with Gasteiger partial charge in [0.1, 0.15) is 0 Å². The fourth-order valence-electron chi connectivity index (χ4n) is 12.1. The quantitative estimate of drug-likeness (QED) is 0.164. The maximum absolute atomic E-state index is 2.89. The molecule has 0 N–H and O–H groups in total. The van der Waals surface area contributed by atoms with Gasteiger partial charge in [0, 0.05) is 60.6 Å². The number of hydrogen-bond acceptors (Lipinski definition) is 4. The molecule has 0 spiro atoms. The normalized spacial score (nSPS) is 19.8. The van der Waals surface area contributed by atoms with E-state index in [-0.39, 0.29) is 28.6 Å². The first-order chi connectivity index (χ1) is 30.3. The predicted octanol–water partition coefficient (Wildman–Crippen LogP) is 15.1. The standard InChI is InChI=1S/C58H56BN3S/c1-55(2,3)37-26-27-43-45-29-28-44-46-35-42(60(39-20-12-9-13-21-39)40-22-14-10-15-23-40)36-49-51(46)59(62(41-24-16-11-17-25-41)52(44)54(45)63-50(43)34-37)48-33-38(56(4,5)6)32-47-53(48)61(49)58(8)31-19-18-30-57(47,58)7/h9-17,20-29,32-36H,18-19,30-31H2,1-8H3. The number of fused-ring (bicyclic) bond motifs is 11. The lowest BCUT2D eigenvalue weighted by atomic mass is 9.43. The van der Waals surface area contributed by atoms with Crippen LogP contribution in [-0.4, -0.2) is 12.4 Å². The Balaban J connectivity index is 1.26. The zero-order chi connectivity index (χ0) is 43.2. The number of anilines is 7. The van der Waals surface area contributed by atoms with Gasteiger partial charge in [-0.2, -0.15) is 0 Å². The molecule has 63 heavy (non-hydrogen) atoms. The fraction of sp³-hybridized carbons (Fsp3) is 0.276. The second kappa shape index (κ2) is 13.4. The van der Waals surface area contributed by atoms with E-state index in [9.17, 15) is 0 Å². The van der Waals surface area contributed by atoms with Crippen LogP contribution in [0.3, 0.4) is 0 Å². The van der Waals surface area contributed by atoms with Crippen molar-refractivity contribution >= 4 is 89.1 Å². The monoisotopic (exact) mass is 837 g/mol. The topological polar surface area (TPSA) is 9.72 Å². The van der Waals surface area contributed by atoms with Gasteiger partial charge in [-0.3, -0.25) is 0 Å². The minimum Gasteiger partial charge on any atom is -0.375 e. The number of benzene rings is 7. The molecule has 1 aliphatic carbocycles. The molecule has 0 saturated heterocycles. The molecule has 7 aromatic carbocycles. The lowest BCUT2D eigenvalue weighted by Gasteiger charge is -2.53. The molecule has 1 saturated carbocycles. The summed E-state index contributed by atoms with van der Waals surface area (Å²) in [6, 6.07) is 55.8. The predicted molar refractivity (Wildman–Crippen MR) is 273 cm³/mol. The molecule has 3 nitrogen and oxygen atoms in total. The Labute approximate surface area is 378 Å². The van der Waals surface area contributed by atoms with Crippen molar-refractivity contribution < 1.29 is 0 Å². The number of hydrogen-bond donors (Lipinski definition) is 0. The van der Waals surface area contributed by atoms with Crippen molar-refractivity contribution in [3.8, 4) is 11.1 Å². The van der Waals surface area contributed by atoms with E-state index in [1.165, 1.54) is 101 Å². The molecule has 0 radical (unpaired) electrons. The average Bonchev–Trinajstić information content (AvgIpc) is 3.75. The smallest absolute Gasteiger partial charge is 0.333 e. The maximum atomic E-state index is 2.89. The Morgan fingerprint density at radius 2 is 1.22 bits per heavy atom. The van der Waals surface area contributed by atoms with Crippen LogP contribution in [0.4, 0.5) is 39.8 Å². The number of rotatable bonds is 4. The van der Waals surface area contributed by atoms with E-state index in [1.54, 1.807) is 5.56 Å². The van der Waals surface area contributed by atoms with Crippen LogP contribution < -0.4 is 25.5 Å². The zero-order valence-corrected chi connectivity index (χ0v) is 38.8. The molecule has 312 valence electrons. The highest BCUT2D eigenvalue weighted by molar-refractivity contribution is 7.26. The fourth-order valence-corrected chi connectivity index (χ4v) is 13.4. The lowest BCUT2D eigenvalue weighted by Crippen LogP contribution is -2.64. The minimum absolute atomic E-state index is 0.0144. The van der Waals surface area contributed by atoms with Crippen molar-refractivity contribution in [3.05, 3.63) is 162 Å². The van der Waals surface area contributed by atoms with E-state index >= 15 is 0 Å². The van der Waals surface area contributed by atoms with Gasteiger partial charge in [0.25, 0.3) is 0 Å². The van der Waals surface area contributed by atoms with Gasteiger partial charge in [0.2, 0.25) is 0 Å². The van der Waals surface area contributed by atoms with Crippen LogP contribution in [0.25, 0.3) is 31.3 Å². The Morgan fingerprint density at radius 3 is 1.89 bits per heavy atom. The third kappa shape index (κ3) is 5.45. The average molecular weight is 838 g/mol. The first-order valence-electron chi connectivity index (χ1n) is 23.2. The van der Waals surface area contributed by atoms with Crippen LogP contribution in [0.5, 0.6) is 0 Å². The van der Waals surface area contributed by atoms with E-state index in [4.69, 9.17) is 0 Å². The number of thiophene rings is 1. The van der Waals surface area contributed by atoms with E-state index in [1.807, 2.05) is 11.3 Å². The second-order valence-electron chi connectivity index (χ2n) is 21.3. The number of nitrogens with zero attached hydrogens (tertiary/aromatic N) is 3. The van der Waals surface area contributed by atoms with Gasteiger partial charge in [-0.1, -0.05) is 152 Å². The third-order valence-corrected chi connectivity index (χ3v) is 16.8. The zero-order valence-electron chi connectivity index (χ0n) is 38.0. The molecule has 4 heterocycles. The molecule has 2 atom stereocenters. The van der Waals surface area contributed by atoms with Crippen molar-refractivity contribution in [2.24, 2.45) is 0 Å². The summed E-state index contributed by atoms with van der Waals surface area (Å²) in [6.07, 6.45) is 4.84. The van der Waals surface area contributed by atoms with Crippen LogP contribution in [0.2, 0.25) is 0 Å². The number of para-hydroxylation sites is 3. The molecule has 5 heteroatoms. The molecular formula is C58H56BN3S. The molecule has 12 rings (SSSR count). The van der Waals surface area contributed by atoms with Crippen molar-refractivity contribution in [2.45, 2.75) is 103 Å². The van der Waals surface area contributed by atoms with Crippen LogP contribution in [0.1, 0.15) is 97.8 Å². The second-order valence-corrected chi connectivity index (χ2v) is 22.4. The van der Waals surface area contributed by atoms with E-state index < -0.39 is 0 Å². The van der Waals surface area contributed by atoms with Crippen LogP contribution in [0, 0.1) is 0 Å². The van der Waals surface area contributed by atoms with E-state index in [0.29, 0.717) is 0 Å². The molecule has 3 aliphatic heterocycles. The van der Waals surface area contributed by atoms with Crippen molar-refractivity contribution in [2.75, 3.05) is 14.6 Å². The largest absolute Gasteiger partial charge is 0.375 e. The van der Waals surface area contributed by atoms with E-state index in [2.05, 4.69) is 216 Å². The molecule has 1 aromatic heterocycles. The highest BCUT2D eigenvalue weighted by atomic mass is 32.1. The molecule has 1 fully saturated rings. The molecular weight excluding hydrogens is 782 g/mol. The molecule has 2 unspecified atom stereocenters. The van der Waals surface area contributed by atoms with Crippen LogP contribution in [-0.2, 0) is 16.2 Å². The van der Waals surface area contributed by atoms with Gasteiger partial charge in [-0.15, -0.1) is 11.3 Å². The maximum Gasteiger partial charge on any atom is 0.333 e. The SMILES string of the molecule is CC(C)(C)c1cc2c3c(c1)C1(C)CCCCC1(C)N3c1cc(N(c3ccccc3)c3ccccc3)cc3c1B2N(c1ccccc1)c1c-3ccc2c1sc1cc(C(C)(C)C)ccc12. The van der Waals surface area contributed by atoms with Crippen LogP contribution >= 0.6 is 11.3 Å². The first-order valence-corrected chi connectivity index (χ1v) is 24.0. The summed E-state index contributed by atoms with van der Waals surface area (Å²) in [7, 11) is 0. The molecule has 0 amide bonds. The molecule has 8 aromatic rings. The lowest BCUT2D eigenvalue weighted by molar-refractivity contribution is 0.195. The summed E-state index contributed by atoms with van der Waals surface area (Å²) in [5, 5.41) is 2.68. The van der Waals surface area contributed by atoms with Crippen molar-refractivity contribution in [1.82, 2.24) is 0 Å². The summed E-state index contributed by atoms with van der Waals surface area (Å²) in [5.41, 5.74) is 18.6. The van der Waals surface area contributed by atoms with Crippen LogP contribution in [0.15, 0.2) is 146 Å². The Hall–Kier alpha value is -5.78. The van der Waals surface area contributed by atoms with E-state index in [0.717, 1.165) is 17.8 Å². The van der Waals surface area contributed by atoms with Gasteiger partial charge in [0.05, 0.1) is 15.9 Å². The van der Waals surface area contributed by atoms with Gasteiger partial charge >= 0.3 is 6.85 Å². The summed E-state index contributed by atoms with van der Waals surface area (Å²) >= 11 is 1.98. The first kappa shape index (κ1) is 38.9. The third-order valence-electron chi connectivity index (χ3n) is 15.6. The molecule has 4 aliphatic rings. The highest BCUT2D eigenvalue weighted by Gasteiger charge is 2.62. The summed E-state index contributed by atoms with van der Waals surface area (Å²) in [5.74, 6) is 0.